The number of nitrogens with two attached hydrogens (primary N) is 1. The Bertz CT molecular complexity index is 349. The zero-order valence-electron chi connectivity index (χ0n) is 14.0. The molecule has 6 nitrogen and oxygen atoms in total. The van der Waals surface area contributed by atoms with E-state index in [1.807, 2.05) is 0 Å². The predicted molar refractivity (Wildman–Crippen MR) is 97.3 cm³/mol. The SMILES string of the molecule is CCN(CC)CC1CCC(CCB(O)O)CC1(N)C(=O)O.Cl.Cl. The van der Waals surface area contributed by atoms with E-state index in [4.69, 9.17) is 15.8 Å². The Hall–Kier alpha value is -0.0451. The lowest BCUT2D eigenvalue weighted by Gasteiger charge is -2.43. The summed E-state index contributed by atoms with van der Waals surface area (Å²) in [4.78, 5) is 13.9. The smallest absolute Gasteiger partial charge is 0.451 e. The zero-order chi connectivity index (χ0) is 16.0. The number of rotatable bonds is 8. The second-order valence-corrected chi connectivity index (χ2v) is 6.23. The van der Waals surface area contributed by atoms with Crippen LogP contribution in [-0.4, -0.2) is 58.3 Å². The van der Waals surface area contributed by atoms with E-state index in [-0.39, 0.29) is 43.0 Å². The van der Waals surface area contributed by atoms with E-state index < -0.39 is 18.6 Å². The van der Waals surface area contributed by atoms with Crippen LogP contribution in [0.4, 0.5) is 0 Å². The fraction of sp³-hybridized carbons (Fsp3) is 0.929. The molecule has 1 saturated carbocycles. The van der Waals surface area contributed by atoms with Crippen LogP contribution in [0.5, 0.6) is 0 Å². The van der Waals surface area contributed by atoms with Gasteiger partial charge in [-0.2, -0.15) is 0 Å². The van der Waals surface area contributed by atoms with Gasteiger partial charge in [-0.25, -0.2) is 0 Å². The first-order chi connectivity index (χ1) is 9.83. The van der Waals surface area contributed by atoms with Crippen molar-refractivity contribution in [2.75, 3.05) is 19.6 Å². The van der Waals surface area contributed by atoms with Gasteiger partial charge in [0.15, 0.2) is 0 Å². The summed E-state index contributed by atoms with van der Waals surface area (Å²) in [6.45, 7) is 6.63. The summed E-state index contributed by atoms with van der Waals surface area (Å²) in [5.41, 5.74) is 5.05. The molecule has 0 spiro atoms. The first-order valence-electron chi connectivity index (χ1n) is 7.94. The van der Waals surface area contributed by atoms with Crippen molar-refractivity contribution < 1.29 is 19.9 Å². The zero-order valence-corrected chi connectivity index (χ0v) is 15.6. The number of aliphatic carboxylic acids is 1. The fourth-order valence-electron chi connectivity index (χ4n) is 3.38. The van der Waals surface area contributed by atoms with E-state index in [2.05, 4.69) is 18.7 Å². The summed E-state index contributed by atoms with van der Waals surface area (Å²) in [5.74, 6) is -0.833. The van der Waals surface area contributed by atoms with Gasteiger partial charge in [0.05, 0.1) is 0 Å². The molecule has 5 N–H and O–H groups in total. The van der Waals surface area contributed by atoms with Gasteiger partial charge in [-0.05, 0) is 44.6 Å². The molecular weight excluding hydrogens is 342 g/mol. The lowest BCUT2D eigenvalue weighted by molar-refractivity contribution is -0.148. The molecule has 0 aliphatic heterocycles. The minimum absolute atomic E-state index is 0. The molecule has 138 valence electrons. The highest BCUT2D eigenvalue weighted by atomic mass is 35.5. The molecule has 0 aromatic carbocycles. The van der Waals surface area contributed by atoms with Crippen molar-refractivity contribution in [3.05, 3.63) is 0 Å². The quantitative estimate of drug-likeness (QED) is 0.477. The topological polar surface area (TPSA) is 107 Å². The fourth-order valence-corrected chi connectivity index (χ4v) is 3.38. The summed E-state index contributed by atoms with van der Waals surface area (Å²) in [6, 6.07) is 0. The highest BCUT2D eigenvalue weighted by molar-refractivity contribution is 6.40. The molecule has 0 amide bonds. The summed E-state index contributed by atoms with van der Waals surface area (Å²) in [7, 11) is -1.32. The molecule has 1 fully saturated rings. The van der Waals surface area contributed by atoms with Crippen molar-refractivity contribution in [3.63, 3.8) is 0 Å². The number of halogens is 2. The van der Waals surface area contributed by atoms with Crippen molar-refractivity contribution >= 4 is 37.9 Å². The molecule has 9 heteroatoms. The maximum Gasteiger partial charge on any atom is 0.451 e. The number of hydrogen-bond donors (Lipinski definition) is 4. The van der Waals surface area contributed by atoms with Gasteiger partial charge in [0.1, 0.15) is 5.54 Å². The molecule has 23 heavy (non-hydrogen) atoms. The molecule has 1 rings (SSSR count). The monoisotopic (exact) mass is 372 g/mol. The maximum atomic E-state index is 11.7. The number of carboxylic acid groups (broad SMARTS) is 1. The number of carboxylic acids is 1. The molecule has 0 bridgehead atoms. The standard InChI is InChI=1S/C14H29BN2O4.2ClH/c1-3-17(4-2)10-12-6-5-11(7-8-15(20)21)9-14(12,16)13(18)19;;/h11-12,20-21H,3-10,16H2,1-2H3,(H,18,19);2*1H. The molecule has 3 atom stereocenters. The summed E-state index contributed by atoms with van der Waals surface area (Å²) < 4.78 is 0. The Morgan fingerprint density at radius 3 is 2.26 bits per heavy atom. The van der Waals surface area contributed by atoms with Crippen molar-refractivity contribution in [3.8, 4) is 0 Å². The number of nitrogens with zero attached hydrogens (tertiary/aromatic N) is 1. The van der Waals surface area contributed by atoms with E-state index in [0.29, 0.717) is 19.4 Å². The Morgan fingerprint density at radius 2 is 1.83 bits per heavy atom. The van der Waals surface area contributed by atoms with Crippen LogP contribution in [0.25, 0.3) is 0 Å². The van der Waals surface area contributed by atoms with E-state index >= 15 is 0 Å². The van der Waals surface area contributed by atoms with E-state index in [1.165, 1.54) is 0 Å². The molecule has 0 saturated heterocycles. The maximum absolute atomic E-state index is 11.7. The predicted octanol–water partition coefficient (Wildman–Crippen LogP) is 1.23. The van der Waals surface area contributed by atoms with Gasteiger partial charge in [0.2, 0.25) is 0 Å². The van der Waals surface area contributed by atoms with Crippen molar-refractivity contribution in [1.82, 2.24) is 4.90 Å². The van der Waals surface area contributed by atoms with Crippen LogP contribution in [0.15, 0.2) is 0 Å². The van der Waals surface area contributed by atoms with Crippen molar-refractivity contribution in [2.45, 2.75) is 51.4 Å². The Labute approximate surface area is 151 Å². The lowest BCUT2D eigenvalue weighted by atomic mass is 9.66. The minimum atomic E-state index is -1.32. The largest absolute Gasteiger partial charge is 0.480 e. The van der Waals surface area contributed by atoms with E-state index in [1.54, 1.807) is 0 Å². The van der Waals surface area contributed by atoms with Crippen LogP contribution in [0.2, 0.25) is 6.32 Å². The van der Waals surface area contributed by atoms with Gasteiger partial charge in [-0.3, -0.25) is 4.79 Å². The third kappa shape index (κ3) is 7.16. The van der Waals surface area contributed by atoms with Gasteiger partial charge in [0, 0.05) is 12.5 Å². The molecular formula is C14H31BCl2N2O4. The molecule has 0 aromatic heterocycles. The van der Waals surface area contributed by atoms with Crippen LogP contribution in [0.1, 0.15) is 39.5 Å². The molecule has 0 aromatic rings. The van der Waals surface area contributed by atoms with Crippen LogP contribution >= 0.6 is 24.8 Å². The van der Waals surface area contributed by atoms with Crippen molar-refractivity contribution in [1.29, 1.82) is 0 Å². The summed E-state index contributed by atoms with van der Waals surface area (Å²) in [6.07, 6.45) is 3.00. The Kier molecular flexibility index (Phi) is 12.6. The van der Waals surface area contributed by atoms with Crippen LogP contribution in [0, 0.1) is 11.8 Å². The van der Waals surface area contributed by atoms with Gasteiger partial charge < -0.3 is 25.8 Å². The first kappa shape index (κ1) is 25.2. The Balaban J connectivity index is 0. The van der Waals surface area contributed by atoms with Crippen molar-refractivity contribution in [2.24, 2.45) is 17.6 Å². The third-order valence-corrected chi connectivity index (χ3v) is 4.88. The summed E-state index contributed by atoms with van der Waals surface area (Å²) >= 11 is 0. The average molecular weight is 373 g/mol. The van der Waals surface area contributed by atoms with E-state index in [0.717, 1.165) is 25.9 Å². The molecule has 1 aliphatic carbocycles. The third-order valence-electron chi connectivity index (χ3n) is 4.88. The van der Waals surface area contributed by atoms with Gasteiger partial charge in [0.25, 0.3) is 0 Å². The number of carbonyl (C=O) groups is 1. The molecule has 1 aliphatic rings. The molecule has 0 heterocycles. The number of hydrogen-bond acceptors (Lipinski definition) is 5. The Morgan fingerprint density at radius 1 is 1.26 bits per heavy atom. The first-order valence-corrected chi connectivity index (χ1v) is 7.94. The second-order valence-electron chi connectivity index (χ2n) is 6.23. The summed E-state index contributed by atoms with van der Waals surface area (Å²) in [5, 5.41) is 27.5. The normalized spacial score (nSPS) is 27.0. The van der Waals surface area contributed by atoms with Crippen LogP contribution < -0.4 is 5.73 Å². The highest BCUT2D eigenvalue weighted by Crippen LogP contribution is 2.38. The molecule has 3 unspecified atom stereocenters. The average Bonchev–Trinajstić information content (AvgIpc) is 2.44. The van der Waals surface area contributed by atoms with Gasteiger partial charge >= 0.3 is 13.1 Å². The second kappa shape index (κ2) is 11.5. The van der Waals surface area contributed by atoms with E-state index in [9.17, 15) is 9.90 Å². The van der Waals surface area contributed by atoms with Crippen LogP contribution in [-0.2, 0) is 4.79 Å². The van der Waals surface area contributed by atoms with Crippen LogP contribution in [0.3, 0.4) is 0 Å². The molecule has 0 radical (unpaired) electrons. The highest BCUT2D eigenvalue weighted by Gasteiger charge is 2.47. The minimum Gasteiger partial charge on any atom is -0.480 e. The van der Waals surface area contributed by atoms with Gasteiger partial charge in [-0.15, -0.1) is 24.8 Å². The van der Waals surface area contributed by atoms with Gasteiger partial charge in [-0.1, -0.05) is 20.3 Å². The lowest BCUT2D eigenvalue weighted by Crippen LogP contribution is -2.60.